The van der Waals surface area contributed by atoms with E-state index in [-0.39, 0.29) is 11.7 Å². The smallest absolute Gasteiger partial charge is 0.163 e. The van der Waals surface area contributed by atoms with Gasteiger partial charge in [0.1, 0.15) is 5.82 Å². The van der Waals surface area contributed by atoms with Crippen molar-refractivity contribution in [3.63, 3.8) is 0 Å². The number of hydrogen-bond donors (Lipinski definition) is 0. The summed E-state index contributed by atoms with van der Waals surface area (Å²) in [6.07, 6.45) is 8.26. The third kappa shape index (κ3) is 3.59. The monoisotopic (exact) mass is 472 g/mol. The zero-order valence-electron chi connectivity index (χ0n) is 15.5. The van der Waals surface area contributed by atoms with Gasteiger partial charge in [-0.15, -0.1) is 0 Å². The Morgan fingerprint density at radius 3 is 2.97 bits per heavy atom. The molecule has 1 saturated heterocycles. The Labute approximate surface area is 178 Å². The van der Waals surface area contributed by atoms with E-state index in [1.54, 1.807) is 23.0 Å². The van der Waals surface area contributed by atoms with Gasteiger partial charge in [-0.05, 0) is 59.5 Å². The van der Waals surface area contributed by atoms with Crippen molar-refractivity contribution in [2.75, 3.05) is 11.5 Å². The zero-order chi connectivity index (χ0) is 20.0. The third-order valence-corrected chi connectivity index (χ3v) is 7.48. The van der Waals surface area contributed by atoms with Gasteiger partial charge in [-0.1, -0.05) is 0 Å². The second-order valence-electron chi connectivity index (χ2n) is 7.34. The van der Waals surface area contributed by atoms with Crippen molar-refractivity contribution in [3.8, 4) is 11.1 Å². The maximum Gasteiger partial charge on any atom is 0.163 e. The van der Waals surface area contributed by atoms with Crippen molar-refractivity contribution in [1.82, 2.24) is 19.6 Å². The highest BCUT2D eigenvalue weighted by molar-refractivity contribution is 9.10. The highest BCUT2D eigenvalue weighted by atomic mass is 79.9. The third-order valence-electron chi connectivity index (χ3n) is 5.44. The Bertz CT molecular complexity index is 1260. The Morgan fingerprint density at radius 2 is 2.07 bits per heavy atom. The van der Waals surface area contributed by atoms with Crippen LogP contribution in [0, 0.1) is 5.82 Å². The number of fused-ring (bicyclic) bond motifs is 2. The van der Waals surface area contributed by atoms with Crippen LogP contribution in [0.25, 0.3) is 27.7 Å². The summed E-state index contributed by atoms with van der Waals surface area (Å²) in [5.41, 5.74) is 4.17. The lowest BCUT2D eigenvalue weighted by atomic mass is 9.97. The minimum Gasteiger partial charge on any atom is -0.260 e. The summed E-state index contributed by atoms with van der Waals surface area (Å²) in [5.74, 6) is 1.47. The summed E-state index contributed by atoms with van der Waals surface area (Å²) in [5, 5.41) is 5.19. The normalized spacial score (nSPS) is 20.2. The molecule has 0 amide bonds. The van der Waals surface area contributed by atoms with Crippen LogP contribution < -0.4 is 0 Å². The molecule has 1 aliphatic rings. The van der Waals surface area contributed by atoms with Crippen LogP contribution in [0.1, 0.15) is 30.9 Å². The lowest BCUT2D eigenvalue weighted by molar-refractivity contribution is 0.593. The van der Waals surface area contributed by atoms with E-state index in [0.29, 0.717) is 0 Å². The van der Waals surface area contributed by atoms with E-state index < -0.39 is 10.8 Å². The Kier molecular flexibility index (Phi) is 4.91. The lowest BCUT2D eigenvalue weighted by Crippen LogP contribution is -2.06. The molecular formula is C21H18BrFN4OS. The summed E-state index contributed by atoms with van der Waals surface area (Å²) in [4.78, 5) is 9.41. The molecule has 1 aromatic carbocycles. The van der Waals surface area contributed by atoms with Gasteiger partial charge in [0.2, 0.25) is 0 Å². The molecule has 1 aliphatic heterocycles. The molecule has 4 heterocycles. The average molecular weight is 473 g/mol. The number of halogens is 2. The molecule has 4 aromatic rings. The molecule has 148 valence electrons. The Hall–Kier alpha value is -2.19. The van der Waals surface area contributed by atoms with Gasteiger partial charge in [0.25, 0.3) is 0 Å². The first-order valence-corrected chi connectivity index (χ1v) is 11.8. The minimum atomic E-state index is -0.727. The Balaban J connectivity index is 1.61. The minimum absolute atomic E-state index is 0.271. The zero-order valence-corrected chi connectivity index (χ0v) is 17.9. The molecule has 2 unspecified atom stereocenters. The number of benzene rings is 1. The summed E-state index contributed by atoms with van der Waals surface area (Å²) >= 11 is 3.65. The van der Waals surface area contributed by atoms with E-state index in [1.807, 2.05) is 12.3 Å². The second kappa shape index (κ2) is 7.57. The number of rotatable bonds is 2. The van der Waals surface area contributed by atoms with Gasteiger partial charge in [0.15, 0.2) is 5.65 Å². The number of pyridine rings is 1. The summed E-state index contributed by atoms with van der Waals surface area (Å²) in [7, 11) is -0.727. The van der Waals surface area contributed by atoms with Gasteiger partial charge in [-0.2, -0.15) is 5.10 Å². The maximum atomic E-state index is 13.6. The van der Waals surface area contributed by atoms with Crippen LogP contribution in [-0.2, 0) is 10.8 Å². The molecule has 0 saturated carbocycles. The largest absolute Gasteiger partial charge is 0.260 e. The molecule has 1 fully saturated rings. The fourth-order valence-electron chi connectivity index (χ4n) is 3.93. The molecule has 2 atom stereocenters. The van der Waals surface area contributed by atoms with Crippen molar-refractivity contribution in [1.29, 1.82) is 0 Å². The highest BCUT2D eigenvalue weighted by Crippen LogP contribution is 2.34. The summed E-state index contributed by atoms with van der Waals surface area (Å²) < 4.78 is 28.2. The molecule has 0 bridgehead atoms. The van der Waals surface area contributed by atoms with Crippen LogP contribution in [0.2, 0.25) is 0 Å². The van der Waals surface area contributed by atoms with Crippen LogP contribution >= 0.6 is 15.9 Å². The van der Waals surface area contributed by atoms with Gasteiger partial charge >= 0.3 is 0 Å². The number of hydrogen-bond acceptors (Lipinski definition) is 4. The van der Waals surface area contributed by atoms with Gasteiger partial charge < -0.3 is 0 Å². The van der Waals surface area contributed by atoms with Crippen LogP contribution in [0.3, 0.4) is 0 Å². The van der Waals surface area contributed by atoms with Crippen LogP contribution in [0.4, 0.5) is 4.39 Å². The number of nitrogens with zero attached hydrogens (tertiary/aromatic N) is 4. The SMILES string of the molecule is O=S1CCCC(c2nc3c(-c4cnc5ccc(F)cc5c4)cnn3cc2Br)CC1. The second-order valence-corrected chi connectivity index (χ2v) is 9.89. The molecule has 5 rings (SSSR count). The van der Waals surface area contributed by atoms with E-state index in [1.165, 1.54) is 12.1 Å². The molecule has 0 spiro atoms. The van der Waals surface area contributed by atoms with Crippen molar-refractivity contribution in [2.45, 2.75) is 25.2 Å². The van der Waals surface area contributed by atoms with E-state index in [4.69, 9.17) is 4.98 Å². The fraction of sp³-hybridized carbons (Fsp3) is 0.286. The summed E-state index contributed by atoms with van der Waals surface area (Å²) in [6.45, 7) is 0. The fourth-order valence-corrected chi connectivity index (χ4v) is 5.77. The average Bonchev–Trinajstić information content (AvgIpc) is 2.99. The van der Waals surface area contributed by atoms with Crippen molar-refractivity contribution in [3.05, 3.63) is 58.8 Å². The van der Waals surface area contributed by atoms with Gasteiger partial charge in [0.05, 0.1) is 21.9 Å². The van der Waals surface area contributed by atoms with E-state index in [0.717, 1.165) is 68.6 Å². The van der Waals surface area contributed by atoms with Crippen molar-refractivity contribution < 1.29 is 8.60 Å². The van der Waals surface area contributed by atoms with E-state index in [9.17, 15) is 8.60 Å². The van der Waals surface area contributed by atoms with Crippen LogP contribution in [0.15, 0.2) is 47.3 Å². The quantitative estimate of drug-likeness (QED) is 0.417. The predicted octanol–water partition coefficient (Wildman–Crippen LogP) is 4.86. The molecule has 8 heteroatoms. The lowest BCUT2D eigenvalue weighted by Gasteiger charge is -2.15. The van der Waals surface area contributed by atoms with E-state index in [2.05, 4.69) is 26.0 Å². The predicted molar refractivity (Wildman–Crippen MR) is 116 cm³/mol. The standard InChI is InChI=1S/C21H18BrFN4OS/c22-18-12-27-21(26-20(18)13-2-1-6-29(28)7-5-13)17(11-25-27)15-8-14-9-16(23)3-4-19(14)24-10-15/h3-4,8-13H,1-2,5-7H2. The molecule has 0 N–H and O–H groups in total. The first-order chi connectivity index (χ1) is 14.1. The molecule has 29 heavy (non-hydrogen) atoms. The molecule has 3 aromatic heterocycles. The maximum absolute atomic E-state index is 13.6. The molecular weight excluding hydrogens is 455 g/mol. The van der Waals surface area contributed by atoms with E-state index >= 15 is 0 Å². The first-order valence-electron chi connectivity index (χ1n) is 9.53. The van der Waals surface area contributed by atoms with Crippen molar-refractivity contribution in [2.24, 2.45) is 0 Å². The number of aromatic nitrogens is 4. The summed E-state index contributed by atoms with van der Waals surface area (Å²) in [6, 6.07) is 6.49. The Morgan fingerprint density at radius 1 is 1.17 bits per heavy atom. The van der Waals surface area contributed by atoms with Crippen molar-refractivity contribution >= 4 is 43.3 Å². The van der Waals surface area contributed by atoms with Crippen LogP contribution in [-0.4, -0.2) is 35.3 Å². The van der Waals surface area contributed by atoms with Gasteiger partial charge in [0, 0.05) is 57.1 Å². The molecule has 0 radical (unpaired) electrons. The molecule has 5 nitrogen and oxygen atoms in total. The molecule has 0 aliphatic carbocycles. The first kappa shape index (κ1) is 18.8. The van der Waals surface area contributed by atoms with Gasteiger partial charge in [-0.3, -0.25) is 9.19 Å². The van der Waals surface area contributed by atoms with Gasteiger partial charge in [-0.25, -0.2) is 13.9 Å². The van der Waals surface area contributed by atoms with Crippen LogP contribution in [0.5, 0.6) is 0 Å². The highest BCUT2D eigenvalue weighted by Gasteiger charge is 2.22. The topological polar surface area (TPSA) is 60.2 Å².